The van der Waals surface area contributed by atoms with Gasteiger partial charge in [0, 0.05) is 5.33 Å². The average Bonchev–Trinajstić information content (AvgIpc) is 2.89. The number of rotatable bonds is 2. The zero-order chi connectivity index (χ0) is 10.2. The third-order valence-corrected chi connectivity index (χ3v) is 5.53. The maximum atomic E-state index is 3.66. The van der Waals surface area contributed by atoms with Crippen LogP contribution in [0.15, 0.2) is 0 Å². The maximum Gasteiger partial charge on any atom is 0.00651 e. The highest BCUT2D eigenvalue weighted by molar-refractivity contribution is 9.09. The van der Waals surface area contributed by atoms with Crippen molar-refractivity contribution < 1.29 is 0 Å². The SMILES string of the molecule is CC(C)C1CCCC2(CC1)CC2CBr. The molecule has 3 atom stereocenters. The minimum absolute atomic E-state index is 0.799. The Balaban J connectivity index is 1.90. The highest BCUT2D eigenvalue weighted by atomic mass is 79.9. The van der Waals surface area contributed by atoms with Crippen LogP contribution in [-0.4, -0.2) is 5.33 Å². The number of alkyl halides is 1. The van der Waals surface area contributed by atoms with Crippen molar-refractivity contribution in [3.63, 3.8) is 0 Å². The van der Waals surface area contributed by atoms with Gasteiger partial charge >= 0.3 is 0 Å². The van der Waals surface area contributed by atoms with Gasteiger partial charge in [-0.15, -0.1) is 0 Å². The minimum Gasteiger partial charge on any atom is -0.0925 e. The van der Waals surface area contributed by atoms with Crippen molar-refractivity contribution in [1.29, 1.82) is 0 Å². The molecule has 0 aliphatic heterocycles. The topological polar surface area (TPSA) is 0 Å². The van der Waals surface area contributed by atoms with Gasteiger partial charge in [-0.1, -0.05) is 42.6 Å². The lowest BCUT2D eigenvalue weighted by Gasteiger charge is -2.18. The molecular weight excluding hydrogens is 236 g/mol. The van der Waals surface area contributed by atoms with Crippen molar-refractivity contribution in [1.82, 2.24) is 0 Å². The summed E-state index contributed by atoms with van der Waals surface area (Å²) >= 11 is 3.66. The molecule has 3 unspecified atom stereocenters. The van der Waals surface area contributed by atoms with Crippen LogP contribution in [0.2, 0.25) is 0 Å². The van der Waals surface area contributed by atoms with Crippen LogP contribution in [0, 0.1) is 23.2 Å². The van der Waals surface area contributed by atoms with E-state index in [1.807, 2.05) is 0 Å². The van der Waals surface area contributed by atoms with E-state index < -0.39 is 0 Å². The van der Waals surface area contributed by atoms with Crippen LogP contribution in [0.4, 0.5) is 0 Å². The standard InChI is InChI=1S/C13H23Br/c1-10(2)11-4-3-6-13(7-5-11)8-12(13)9-14/h10-12H,3-9H2,1-2H3. The fraction of sp³-hybridized carbons (Fsp3) is 1.00. The van der Waals surface area contributed by atoms with E-state index in [9.17, 15) is 0 Å². The summed E-state index contributed by atoms with van der Waals surface area (Å²) in [4.78, 5) is 0. The van der Waals surface area contributed by atoms with E-state index in [1.165, 1.54) is 43.9 Å². The summed E-state index contributed by atoms with van der Waals surface area (Å²) in [5.41, 5.74) is 0.799. The van der Waals surface area contributed by atoms with Gasteiger partial charge in [0.25, 0.3) is 0 Å². The van der Waals surface area contributed by atoms with Crippen molar-refractivity contribution in [3.8, 4) is 0 Å². The summed E-state index contributed by atoms with van der Waals surface area (Å²) in [5, 5.41) is 1.25. The van der Waals surface area contributed by atoms with Gasteiger partial charge in [0.1, 0.15) is 0 Å². The highest BCUT2D eigenvalue weighted by Gasteiger charge is 2.52. The smallest absolute Gasteiger partial charge is 0.00651 e. The van der Waals surface area contributed by atoms with Crippen molar-refractivity contribution in [2.75, 3.05) is 5.33 Å². The first-order chi connectivity index (χ1) is 6.68. The van der Waals surface area contributed by atoms with Gasteiger partial charge in [-0.05, 0) is 48.9 Å². The molecule has 0 aromatic heterocycles. The molecule has 0 aromatic rings. The van der Waals surface area contributed by atoms with Crippen LogP contribution >= 0.6 is 15.9 Å². The van der Waals surface area contributed by atoms with E-state index in [-0.39, 0.29) is 0 Å². The Kier molecular flexibility index (Phi) is 3.26. The second-order valence-corrected chi connectivity index (χ2v) is 6.50. The molecule has 1 heteroatoms. The van der Waals surface area contributed by atoms with Gasteiger partial charge in [-0.25, -0.2) is 0 Å². The third-order valence-electron chi connectivity index (χ3n) is 4.75. The Morgan fingerprint density at radius 1 is 1.29 bits per heavy atom. The molecule has 2 rings (SSSR count). The summed E-state index contributed by atoms with van der Waals surface area (Å²) < 4.78 is 0. The summed E-state index contributed by atoms with van der Waals surface area (Å²) in [5.74, 6) is 2.95. The second-order valence-electron chi connectivity index (χ2n) is 5.85. The van der Waals surface area contributed by atoms with Crippen molar-refractivity contribution in [2.24, 2.45) is 23.2 Å². The summed E-state index contributed by atoms with van der Waals surface area (Å²) in [6.07, 6.45) is 9.05. The number of hydrogen-bond donors (Lipinski definition) is 0. The maximum absolute atomic E-state index is 3.66. The van der Waals surface area contributed by atoms with Crippen LogP contribution in [0.5, 0.6) is 0 Å². The minimum atomic E-state index is 0.799. The largest absolute Gasteiger partial charge is 0.0925 e. The lowest BCUT2D eigenvalue weighted by atomic mass is 9.88. The Hall–Kier alpha value is 0.480. The Morgan fingerprint density at radius 3 is 2.64 bits per heavy atom. The fourth-order valence-electron chi connectivity index (χ4n) is 3.39. The molecule has 0 heterocycles. The van der Waals surface area contributed by atoms with E-state index in [4.69, 9.17) is 0 Å². The highest BCUT2D eigenvalue weighted by Crippen LogP contribution is 2.61. The van der Waals surface area contributed by atoms with Gasteiger partial charge in [0.2, 0.25) is 0 Å². The first kappa shape index (κ1) is 11.0. The molecule has 2 saturated carbocycles. The molecule has 0 bridgehead atoms. The summed E-state index contributed by atoms with van der Waals surface area (Å²) in [7, 11) is 0. The normalized spacial score (nSPS) is 42.9. The van der Waals surface area contributed by atoms with Gasteiger partial charge < -0.3 is 0 Å². The molecule has 2 aliphatic carbocycles. The molecule has 2 aliphatic rings. The number of hydrogen-bond acceptors (Lipinski definition) is 0. The molecule has 82 valence electrons. The Labute approximate surface area is 97.0 Å². The zero-order valence-corrected chi connectivity index (χ0v) is 11.1. The fourth-order valence-corrected chi connectivity index (χ4v) is 4.30. The number of halogens is 1. The molecule has 0 radical (unpaired) electrons. The van der Waals surface area contributed by atoms with Crippen LogP contribution < -0.4 is 0 Å². The first-order valence-electron chi connectivity index (χ1n) is 6.24. The van der Waals surface area contributed by atoms with Crippen LogP contribution in [0.1, 0.15) is 52.4 Å². The Morgan fingerprint density at radius 2 is 2.07 bits per heavy atom. The van der Waals surface area contributed by atoms with Gasteiger partial charge in [-0.2, -0.15) is 0 Å². The quantitative estimate of drug-likeness (QED) is 0.634. The molecule has 0 aromatic carbocycles. The van der Waals surface area contributed by atoms with E-state index in [1.54, 1.807) is 0 Å². The van der Waals surface area contributed by atoms with E-state index in [0.29, 0.717) is 0 Å². The predicted molar refractivity (Wildman–Crippen MR) is 65.7 cm³/mol. The Bertz CT molecular complexity index is 199. The summed E-state index contributed by atoms with van der Waals surface area (Å²) in [6.45, 7) is 4.80. The lowest BCUT2D eigenvalue weighted by molar-refractivity contribution is 0.329. The summed E-state index contributed by atoms with van der Waals surface area (Å²) in [6, 6.07) is 0. The molecule has 1 spiro atoms. The second kappa shape index (κ2) is 4.15. The molecule has 14 heavy (non-hydrogen) atoms. The van der Waals surface area contributed by atoms with E-state index in [0.717, 1.165) is 23.2 Å². The van der Waals surface area contributed by atoms with Gasteiger partial charge in [0.15, 0.2) is 0 Å². The lowest BCUT2D eigenvalue weighted by Crippen LogP contribution is -2.08. The zero-order valence-electron chi connectivity index (χ0n) is 9.56. The first-order valence-corrected chi connectivity index (χ1v) is 7.36. The van der Waals surface area contributed by atoms with Crippen LogP contribution in [-0.2, 0) is 0 Å². The predicted octanol–water partition coefficient (Wildman–Crippen LogP) is 4.62. The monoisotopic (exact) mass is 258 g/mol. The van der Waals surface area contributed by atoms with Crippen LogP contribution in [0.25, 0.3) is 0 Å². The molecular formula is C13H23Br. The molecule has 0 N–H and O–H groups in total. The average molecular weight is 259 g/mol. The molecule has 0 saturated heterocycles. The third kappa shape index (κ3) is 2.03. The molecule has 2 fully saturated rings. The van der Waals surface area contributed by atoms with Crippen molar-refractivity contribution in [2.45, 2.75) is 52.4 Å². The molecule has 0 amide bonds. The van der Waals surface area contributed by atoms with Crippen molar-refractivity contribution in [3.05, 3.63) is 0 Å². The van der Waals surface area contributed by atoms with E-state index >= 15 is 0 Å². The van der Waals surface area contributed by atoms with Gasteiger partial charge in [-0.3, -0.25) is 0 Å². The van der Waals surface area contributed by atoms with E-state index in [2.05, 4.69) is 29.8 Å². The van der Waals surface area contributed by atoms with Crippen molar-refractivity contribution >= 4 is 15.9 Å². The van der Waals surface area contributed by atoms with Gasteiger partial charge in [0.05, 0.1) is 0 Å². The molecule has 0 nitrogen and oxygen atoms in total. The van der Waals surface area contributed by atoms with Crippen LogP contribution in [0.3, 0.4) is 0 Å².